The highest BCUT2D eigenvalue weighted by atomic mass is 16.8. The first-order chi connectivity index (χ1) is 10.8. The standard InChI is InChI=1S/C14H21N3O6/c1-14(2)22-10-8(7-20-16(3)4)21-12(11(10)23-14)17-6-5-9(18)15-13(17)19/h5-6,8,10-12H,7H2,1-4H3,(H,15,18,19)/t8-,10-,11-,12-/m1/s1. The van der Waals surface area contributed by atoms with Crippen molar-refractivity contribution in [3.05, 3.63) is 33.1 Å². The highest BCUT2D eigenvalue weighted by Crippen LogP contribution is 2.42. The fourth-order valence-corrected chi connectivity index (χ4v) is 2.87. The Bertz CT molecular complexity index is 682. The molecule has 0 bridgehead atoms. The van der Waals surface area contributed by atoms with E-state index in [0.29, 0.717) is 0 Å². The van der Waals surface area contributed by atoms with E-state index in [4.69, 9.17) is 19.0 Å². The molecule has 1 aromatic heterocycles. The Morgan fingerprint density at radius 3 is 2.65 bits per heavy atom. The molecule has 128 valence electrons. The van der Waals surface area contributed by atoms with E-state index in [-0.39, 0.29) is 12.7 Å². The van der Waals surface area contributed by atoms with Crippen LogP contribution < -0.4 is 11.2 Å². The fraction of sp³-hybridized carbons (Fsp3) is 0.714. The van der Waals surface area contributed by atoms with Crippen molar-refractivity contribution < 1.29 is 19.0 Å². The lowest BCUT2D eigenvalue weighted by molar-refractivity contribution is -0.218. The molecule has 9 heteroatoms. The minimum absolute atomic E-state index is 0.266. The summed E-state index contributed by atoms with van der Waals surface area (Å²) in [5, 5.41) is 1.57. The third kappa shape index (κ3) is 3.24. The van der Waals surface area contributed by atoms with Gasteiger partial charge >= 0.3 is 5.69 Å². The largest absolute Gasteiger partial charge is 0.346 e. The summed E-state index contributed by atoms with van der Waals surface area (Å²) in [4.78, 5) is 31.0. The second-order valence-corrected chi connectivity index (χ2v) is 6.26. The van der Waals surface area contributed by atoms with Gasteiger partial charge in [0.15, 0.2) is 12.0 Å². The summed E-state index contributed by atoms with van der Waals surface area (Å²) in [7, 11) is 3.54. The number of ether oxygens (including phenoxy) is 3. The maximum Gasteiger partial charge on any atom is 0.330 e. The van der Waals surface area contributed by atoms with Crippen LogP contribution in [0.4, 0.5) is 0 Å². The van der Waals surface area contributed by atoms with E-state index in [1.807, 2.05) is 13.8 Å². The lowest BCUT2D eigenvalue weighted by Gasteiger charge is -2.25. The molecular formula is C14H21N3O6. The zero-order valence-corrected chi connectivity index (χ0v) is 13.5. The maximum atomic E-state index is 12.0. The molecule has 2 fully saturated rings. The lowest BCUT2D eigenvalue weighted by atomic mass is 10.1. The van der Waals surface area contributed by atoms with Crippen LogP contribution in [0, 0.1) is 0 Å². The molecule has 0 aliphatic carbocycles. The number of aromatic amines is 1. The van der Waals surface area contributed by atoms with E-state index < -0.39 is 35.5 Å². The first-order valence-electron chi connectivity index (χ1n) is 7.40. The van der Waals surface area contributed by atoms with Gasteiger partial charge < -0.3 is 14.2 Å². The lowest BCUT2D eigenvalue weighted by Crippen LogP contribution is -2.37. The summed E-state index contributed by atoms with van der Waals surface area (Å²) < 4.78 is 19.0. The van der Waals surface area contributed by atoms with Crippen molar-refractivity contribution in [3.63, 3.8) is 0 Å². The highest BCUT2D eigenvalue weighted by Gasteiger charge is 2.56. The van der Waals surface area contributed by atoms with E-state index in [1.165, 1.54) is 16.8 Å². The molecule has 3 heterocycles. The number of fused-ring (bicyclic) bond motifs is 1. The smallest absolute Gasteiger partial charge is 0.330 e. The molecule has 2 saturated heterocycles. The molecule has 0 aromatic carbocycles. The Balaban J connectivity index is 1.88. The van der Waals surface area contributed by atoms with Gasteiger partial charge in [-0.05, 0) is 13.8 Å². The van der Waals surface area contributed by atoms with E-state index in [0.717, 1.165) is 0 Å². The van der Waals surface area contributed by atoms with Crippen molar-refractivity contribution in [2.24, 2.45) is 0 Å². The van der Waals surface area contributed by atoms with Crippen LogP contribution in [-0.4, -0.2) is 59.4 Å². The number of hydrogen-bond donors (Lipinski definition) is 1. The van der Waals surface area contributed by atoms with Crippen LogP contribution in [0.1, 0.15) is 20.1 Å². The second kappa shape index (κ2) is 5.84. The zero-order valence-electron chi connectivity index (χ0n) is 13.5. The molecule has 0 saturated carbocycles. The first-order valence-corrected chi connectivity index (χ1v) is 7.40. The van der Waals surface area contributed by atoms with Crippen LogP contribution in [-0.2, 0) is 19.0 Å². The van der Waals surface area contributed by atoms with Crippen molar-refractivity contribution >= 4 is 0 Å². The first kappa shape index (κ1) is 16.3. The third-order valence-corrected chi connectivity index (χ3v) is 3.75. The Kier molecular flexibility index (Phi) is 4.15. The Hall–Kier alpha value is -1.52. The molecule has 9 nitrogen and oxygen atoms in total. The number of H-pyrrole nitrogens is 1. The number of rotatable bonds is 4. The maximum absolute atomic E-state index is 12.0. The summed E-state index contributed by atoms with van der Waals surface area (Å²) in [6, 6.07) is 1.27. The average molecular weight is 327 g/mol. The summed E-state index contributed by atoms with van der Waals surface area (Å²) in [6.45, 7) is 3.88. The average Bonchev–Trinajstić information content (AvgIpc) is 2.90. The predicted octanol–water partition coefficient (Wildman–Crippen LogP) is -0.553. The van der Waals surface area contributed by atoms with Gasteiger partial charge in [-0.1, -0.05) is 0 Å². The molecule has 1 aromatic rings. The summed E-state index contributed by atoms with van der Waals surface area (Å²) in [5.74, 6) is -0.778. The summed E-state index contributed by atoms with van der Waals surface area (Å²) >= 11 is 0. The van der Waals surface area contributed by atoms with E-state index in [2.05, 4.69) is 4.98 Å². The molecule has 3 rings (SSSR count). The van der Waals surface area contributed by atoms with Gasteiger partial charge in [-0.25, -0.2) is 4.79 Å². The molecule has 0 spiro atoms. The Morgan fingerprint density at radius 2 is 2.00 bits per heavy atom. The van der Waals surface area contributed by atoms with Crippen LogP contribution in [0.15, 0.2) is 21.9 Å². The number of hydroxylamine groups is 2. The van der Waals surface area contributed by atoms with Gasteiger partial charge in [0.2, 0.25) is 0 Å². The molecule has 2 aliphatic heterocycles. The quantitative estimate of drug-likeness (QED) is 0.741. The zero-order chi connectivity index (χ0) is 16.8. The molecule has 1 N–H and O–H groups in total. The number of aromatic nitrogens is 2. The number of nitrogens with one attached hydrogen (secondary N) is 1. The highest BCUT2D eigenvalue weighted by molar-refractivity contribution is 4.98. The molecule has 0 unspecified atom stereocenters. The molecule has 4 atom stereocenters. The molecule has 0 amide bonds. The summed E-state index contributed by atoms with van der Waals surface area (Å²) in [6.07, 6.45) is -0.528. The fourth-order valence-electron chi connectivity index (χ4n) is 2.87. The van der Waals surface area contributed by atoms with Gasteiger partial charge in [0.25, 0.3) is 5.56 Å². The van der Waals surface area contributed by atoms with Gasteiger partial charge in [0.05, 0.1) is 6.61 Å². The predicted molar refractivity (Wildman–Crippen MR) is 78.7 cm³/mol. The van der Waals surface area contributed by atoms with Crippen LogP contribution >= 0.6 is 0 Å². The van der Waals surface area contributed by atoms with Crippen LogP contribution in [0.5, 0.6) is 0 Å². The van der Waals surface area contributed by atoms with Crippen molar-refractivity contribution in [3.8, 4) is 0 Å². The van der Waals surface area contributed by atoms with Gasteiger partial charge in [0, 0.05) is 26.4 Å². The summed E-state index contributed by atoms with van der Waals surface area (Å²) in [5.41, 5.74) is -1.01. The van der Waals surface area contributed by atoms with Crippen molar-refractivity contribution in [2.75, 3.05) is 20.7 Å². The van der Waals surface area contributed by atoms with Crippen molar-refractivity contribution in [1.82, 2.24) is 14.6 Å². The van der Waals surface area contributed by atoms with E-state index in [1.54, 1.807) is 19.2 Å². The third-order valence-electron chi connectivity index (χ3n) is 3.75. The molecule has 23 heavy (non-hydrogen) atoms. The van der Waals surface area contributed by atoms with Crippen LogP contribution in [0.3, 0.4) is 0 Å². The van der Waals surface area contributed by atoms with Crippen molar-refractivity contribution in [1.29, 1.82) is 0 Å². The monoisotopic (exact) mass is 327 g/mol. The molecule has 2 aliphatic rings. The van der Waals surface area contributed by atoms with Gasteiger partial charge in [-0.3, -0.25) is 19.2 Å². The SMILES string of the molecule is CN(C)OC[C@H]1O[C@@H](n2ccc(=O)[nH]c2=O)[C@@H]2OC(C)(C)O[C@@H]21. The second-order valence-electron chi connectivity index (χ2n) is 6.26. The molecular weight excluding hydrogens is 306 g/mol. The topological polar surface area (TPSA) is 95.0 Å². The molecule has 0 radical (unpaired) electrons. The number of nitrogens with zero attached hydrogens (tertiary/aromatic N) is 2. The van der Waals surface area contributed by atoms with Gasteiger partial charge in [0.1, 0.15) is 18.3 Å². The van der Waals surface area contributed by atoms with Crippen LogP contribution in [0.2, 0.25) is 0 Å². The van der Waals surface area contributed by atoms with Crippen LogP contribution in [0.25, 0.3) is 0 Å². The van der Waals surface area contributed by atoms with E-state index >= 15 is 0 Å². The Labute approximate surface area is 132 Å². The van der Waals surface area contributed by atoms with Crippen molar-refractivity contribution in [2.45, 2.75) is 44.2 Å². The normalized spacial score (nSPS) is 32.4. The van der Waals surface area contributed by atoms with Gasteiger partial charge in [-0.15, -0.1) is 0 Å². The minimum atomic E-state index is -0.778. The Morgan fingerprint density at radius 1 is 1.30 bits per heavy atom. The van der Waals surface area contributed by atoms with E-state index in [9.17, 15) is 9.59 Å². The number of hydrogen-bond acceptors (Lipinski definition) is 7. The minimum Gasteiger partial charge on any atom is -0.346 e. The van der Waals surface area contributed by atoms with Gasteiger partial charge in [-0.2, -0.15) is 5.06 Å².